The van der Waals surface area contributed by atoms with Gasteiger partial charge in [0, 0.05) is 6.20 Å². The van der Waals surface area contributed by atoms with E-state index in [1.807, 2.05) is 19.2 Å². The summed E-state index contributed by atoms with van der Waals surface area (Å²) in [6, 6.07) is 8.68. The summed E-state index contributed by atoms with van der Waals surface area (Å²) in [7, 11) is -1.47. The van der Waals surface area contributed by atoms with Crippen LogP contribution in [0.3, 0.4) is 0 Å². The summed E-state index contributed by atoms with van der Waals surface area (Å²) in [6.45, 7) is 3.06. The van der Waals surface area contributed by atoms with Gasteiger partial charge in [-0.1, -0.05) is 12.1 Å². The summed E-state index contributed by atoms with van der Waals surface area (Å²) < 4.78 is 7.33. The number of nitrogens with zero attached hydrogens (tertiary/aromatic N) is 2. The van der Waals surface area contributed by atoms with Gasteiger partial charge in [0.1, 0.15) is 12.4 Å². The molecular weight excluding hydrogens is 231 g/mol. The van der Waals surface area contributed by atoms with Crippen molar-refractivity contribution in [3.8, 4) is 5.75 Å². The first-order valence-corrected chi connectivity index (χ1v) is 5.74. The number of hydrogen-bond donors (Lipinski definition) is 2. The molecule has 6 heteroatoms. The molecule has 1 heterocycles. The van der Waals surface area contributed by atoms with Crippen LogP contribution < -0.4 is 10.2 Å². The van der Waals surface area contributed by atoms with Crippen LogP contribution in [0.2, 0.25) is 0 Å². The molecule has 0 spiro atoms. The second-order valence-electron chi connectivity index (χ2n) is 4.01. The molecule has 94 valence electrons. The molecule has 0 saturated carbocycles. The Morgan fingerprint density at radius 2 is 2.17 bits per heavy atom. The number of aryl methyl sites for hydroxylation is 1. The van der Waals surface area contributed by atoms with Gasteiger partial charge < -0.3 is 14.8 Å². The van der Waals surface area contributed by atoms with Gasteiger partial charge in [0.15, 0.2) is 0 Å². The highest BCUT2D eigenvalue weighted by atomic mass is 16.5. The fraction of sp³-hybridized carbons (Fsp3) is 0.250. The predicted octanol–water partition coefficient (Wildman–Crippen LogP) is -0.0497. The van der Waals surface area contributed by atoms with E-state index in [0.717, 1.165) is 5.69 Å². The van der Waals surface area contributed by atoms with E-state index in [-0.39, 0.29) is 0 Å². The minimum atomic E-state index is -1.47. The van der Waals surface area contributed by atoms with Crippen molar-refractivity contribution in [2.24, 2.45) is 0 Å². The van der Waals surface area contributed by atoms with Crippen molar-refractivity contribution < 1.29 is 14.8 Å². The molecule has 0 bridgehead atoms. The first kappa shape index (κ1) is 12.7. The highest BCUT2D eigenvalue weighted by molar-refractivity contribution is 6.58. The van der Waals surface area contributed by atoms with E-state index in [1.165, 1.54) is 0 Å². The minimum Gasteiger partial charge on any atom is -0.492 e. The molecule has 0 aliphatic heterocycles. The summed E-state index contributed by atoms with van der Waals surface area (Å²) in [5.41, 5.74) is 1.39. The second-order valence-corrected chi connectivity index (χ2v) is 4.01. The van der Waals surface area contributed by atoms with Crippen molar-refractivity contribution in [3.05, 3.63) is 42.2 Å². The zero-order valence-electron chi connectivity index (χ0n) is 10.2. The summed E-state index contributed by atoms with van der Waals surface area (Å²) in [5, 5.41) is 22.3. The molecule has 18 heavy (non-hydrogen) atoms. The van der Waals surface area contributed by atoms with Gasteiger partial charge in [-0.05, 0) is 30.6 Å². The third-order valence-corrected chi connectivity index (χ3v) is 2.52. The lowest BCUT2D eigenvalue weighted by Crippen LogP contribution is -2.29. The molecule has 0 unspecified atom stereocenters. The topological polar surface area (TPSA) is 67.5 Å². The lowest BCUT2D eigenvalue weighted by Gasteiger charge is -2.07. The van der Waals surface area contributed by atoms with E-state index < -0.39 is 7.12 Å². The van der Waals surface area contributed by atoms with Crippen molar-refractivity contribution >= 4 is 12.6 Å². The Bertz CT molecular complexity index is 514. The van der Waals surface area contributed by atoms with Gasteiger partial charge in [-0.3, -0.25) is 4.68 Å². The van der Waals surface area contributed by atoms with Gasteiger partial charge in [-0.2, -0.15) is 5.10 Å². The molecule has 0 aliphatic rings. The van der Waals surface area contributed by atoms with E-state index in [0.29, 0.717) is 24.4 Å². The van der Waals surface area contributed by atoms with Gasteiger partial charge in [-0.15, -0.1) is 0 Å². The van der Waals surface area contributed by atoms with Crippen LogP contribution >= 0.6 is 0 Å². The lowest BCUT2D eigenvalue weighted by molar-refractivity contribution is 0.291. The largest absolute Gasteiger partial charge is 0.492 e. The molecule has 2 N–H and O–H groups in total. The molecule has 0 aliphatic carbocycles. The van der Waals surface area contributed by atoms with Crippen LogP contribution in [-0.4, -0.2) is 33.6 Å². The van der Waals surface area contributed by atoms with Gasteiger partial charge in [0.25, 0.3) is 0 Å². The van der Waals surface area contributed by atoms with Crippen LogP contribution in [0.5, 0.6) is 5.75 Å². The molecule has 2 rings (SSSR count). The molecule has 1 aromatic heterocycles. The Morgan fingerprint density at radius 1 is 1.33 bits per heavy atom. The highest BCUT2D eigenvalue weighted by Crippen LogP contribution is 2.07. The molecule has 0 radical (unpaired) electrons. The Hall–Kier alpha value is -1.79. The average molecular weight is 246 g/mol. The first-order chi connectivity index (χ1) is 8.65. The van der Waals surface area contributed by atoms with E-state index in [9.17, 15) is 0 Å². The van der Waals surface area contributed by atoms with Gasteiger partial charge in [-0.25, -0.2) is 0 Å². The van der Waals surface area contributed by atoms with E-state index >= 15 is 0 Å². The van der Waals surface area contributed by atoms with Crippen LogP contribution in [0.25, 0.3) is 0 Å². The number of rotatable bonds is 5. The van der Waals surface area contributed by atoms with E-state index in [4.69, 9.17) is 14.8 Å². The van der Waals surface area contributed by atoms with Gasteiger partial charge in [0.05, 0.1) is 12.2 Å². The van der Waals surface area contributed by atoms with Gasteiger partial charge >= 0.3 is 7.12 Å². The monoisotopic (exact) mass is 246 g/mol. The third kappa shape index (κ3) is 3.35. The molecule has 0 atom stereocenters. The first-order valence-electron chi connectivity index (χ1n) is 5.74. The Labute approximate surface area is 106 Å². The zero-order valence-corrected chi connectivity index (χ0v) is 10.2. The fourth-order valence-corrected chi connectivity index (χ4v) is 1.61. The lowest BCUT2D eigenvalue weighted by atomic mass is 9.80. The number of hydrogen-bond acceptors (Lipinski definition) is 4. The molecule has 0 saturated heterocycles. The predicted molar refractivity (Wildman–Crippen MR) is 68.7 cm³/mol. The zero-order chi connectivity index (χ0) is 13.0. The molecule has 1 aromatic carbocycles. The van der Waals surface area contributed by atoms with Crippen molar-refractivity contribution in [2.45, 2.75) is 13.5 Å². The number of benzene rings is 1. The summed E-state index contributed by atoms with van der Waals surface area (Å²) in [6.07, 6.45) is 1.90. The van der Waals surface area contributed by atoms with Gasteiger partial charge in [0.2, 0.25) is 0 Å². The smallest absolute Gasteiger partial charge is 0.488 e. The minimum absolute atomic E-state index is 0.419. The van der Waals surface area contributed by atoms with Crippen molar-refractivity contribution in [2.75, 3.05) is 6.61 Å². The van der Waals surface area contributed by atoms with Crippen molar-refractivity contribution in [1.29, 1.82) is 0 Å². The maximum atomic E-state index is 9.04. The van der Waals surface area contributed by atoms with E-state index in [2.05, 4.69) is 5.10 Å². The summed E-state index contributed by atoms with van der Waals surface area (Å²) in [5.74, 6) is 0.615. The van der Waals surface area contributed by atoms with Crippen LogP contribution in [0, 0.1) is 6.92 Å². The fourth-order valence-electron chi connectivity index (χ4n) is 1.61. The normalized spacial score (nSPS) is 10.4. The number of ether oxygens (including phenoxy) is 1. The molecule has 0 amide bonds. The maximum absolute atomic E-state index is 9.04. The molecule has 2 aromatic rings. The van der Waals surface area contributed by atoms with Crippen molar-refractivity contribution in [1.82, 2.24) is 9.78 Å². The maximum Gasteiger partial charge on any atom is 0.488 e. The SMILES string of the molecule is Cc1ccn(CCOc2cccc(B(O)O)c2)n1. The highest BCUT2D eigenvalue weighted by Gasteiger charge is 2.10. The quantitative estimate of drug-likeness (QED) is 0.726. The molecule has 5 nitrogen and oxygen atoms in total. The summed E-state index contributed by atoms with van der Waals surface area (Å²) >= 11 is 0. The Morgan fingerprint density at radius 3 is 2.83 bits per heavy atom. The average Bonchev–Trinajstić information content (AvgIpc) is 2.75. The number of aromatic nitrogens is 2. The van der Waals surface area contributed by atoms with E-state index in [1.54, 1.807) is 28.9 Å². The second kappa shape index (κ2) is 5.70. The van der Waals surface area contributed by atoms with Crippen LogP contribution in [0.1, 0.15) is 5.69 Å². The van der Waals surface area contributed by atoms with Crippen molar-refractivity contribution in [3.63, 3.8) is 0 Å². The molecular formula is C12H15BN2O3. The van der Waals surface area contributed by atoms with Crippen LogP contribution in [-0.2, 0) is 6.54 Å². The van der Waals surface area contributed by atoms with Crippen LogP contribution in [0.4, 0.5) is 0 Å². The standard InChI is InChI=1S/C12H15BN2O3/c1-10-5-6-15(14-10)7-8-18-12-4-2-3-11(9-12)13(16)17/h2-6,9,16-17H,7-8H2,1H3. The Kier molecular flexibility index (Phi) is 4.01. The molecule has 0 fully saturated rings. The third-order valence-electron chi connectivity index (χ3n) is 2.52. The van der Waals surface area contributed by atoms with Crippen LogP contribution in [0.15, 0.2) is 36.5 Å². The summed E-state index contributed by atoms with van der Waals surface area (Å²) in [4.78, 5) is 0. The Balaban J connectivity index is 1.88.